The van der Waals surface area contributed by atoms with Crippen LogP contribution in [0.4, 0.5) is 19.1 Å². The highest BCUT2D eigenvalue weighted by Crippen LogP contribution is 2.32. The number of fused-ring (bicyclic) bond motifs is 1. The number of halogens is 3. The second-order valence-electron chi connectivity index (χ2n) is 6.97. The molecule has 1 fully saturated rings. The van der Waals surface area contributed by atoms with Gasteiger partial charge in [0.15, 0.2) is 17.4 Å². The van der Waals surface area contributed by atoms with E-state index in [2.05, 4.69) is 15.3 Å². The van der Waals surface area contributed by atoms with Crippen molar-refractivity contribution in [2.75, 3.05) is 5.32 Å². The lowest BCUT2D eigenvalue weighted by Gasteiger charge is -2.18. The fourth-order valence-corrected chi connectivity index (χ4v) is 3.39. The van der Waals surface area contributed by atoms with Crippen LogP contribution in [0.25, 0.3) is 11.2 Å². The predicted octanol–water partition coefficient (Wildman–Crippen LogP) is -0.174. The van der Waals surface area contributed by atoms with Gasteiger partial charge < -0.3 is 14.9 Å². The average molecular weight is 435 g/mol. The summed E-state index contributed by atoms with van der Waals surface area (Å²) in [5, 5.41) is 22.5. The maximum atomic E-state index is 13.0. The number of aliphatic hydroxyl groups is 2. The smallest absolute Gasteiger partial charge is 0.390 e. The highest BCUT2D eigenvalue weighted by Gasteiger charge is 2.42. The molecule has 2 aromatic rings. The predicted molar refractivity (Wildman–Crippen MR) is 95.8 cm³/mol. The minimum absolute atomic E-state index is 0.0835. The van der Waals surface area contributed by atoms with Crippen LogP contribution in [0.2, 0.25) is 0 Å². The third-order valence-electron chi connectivity index (χ3n) is 4.66. The van der Waals surface area contributed by atoms with Gasteiger partial charge in [0.1, 0.15) is 12.6 Å². The van der Waals surface area contributed by atoms with Crippen molar-refractivity contribution in [3.63, 3.8) is 0 Å². The van der Waals surface area contributed by atoms with Gasteiger partial charge in [0, 0.05) is 13.3 Å². The lowest BCUT2D eigenvalue weighted by Crippen LogP contribution is -2.35. The van der Waals surface area contributed by atoms with Crippen molar-refractivity contribution in [2.45, 2.75) is 63.9 Å². The van der Waals surface area contributed by atoms with Gasteiger partial charge in [-0.1, -0.05) is 6.92 Å². The van der Waals surface area contributed by atoms with Gasteiger partial charge >= 0.3 is 11.9 Å². The monoisotopic (exact) mass is 435 g/mol. The molecule has 166 valence electrons. The van der Waals surface area contributed by atoms with Crippen molar-refractivity contribution >= 4 is 23.0 Å². The van der Waals surface area contributed by atoms with Crippen LogP contribution in [0.5, 0.6) is 0 Å². The summed E-state index contributed by atoms with van der Waals surface area (Å²) in [4.78, 5) is 42.5. The second kappa shape index (κ2) is 7.85. The van der Waals surface area contributed by atoms with Crippen LogP contribution < -0.4 is 16.6 Å². The molecule has 1 aliphatic rings. The van der Waals surface area contributed by atoms with Crippen LogP contribution in [0, 0.1) is 0 Å². The molecule has 0 spiro atoms. The number of aliphatic hydroxyl groups excluding tert-OH is 2. The molecular formula is C16H20F3N5O6. The van der Waals surface area contributed by atoms with Crippen molar-refractivity contribution < 1.29 is 32.9 Å². The van der Waals surface area contributed by atoms with Crippen LogP contribution in [0.1, 0.15) is 32.9 Å². The Balaban J connectivity index is 2.23. The third-order valence-corrected chi connectivity index (χ3v) is 4.66. The number of rotatable bonds is 5. The van der Waals surface area contributed by atoms with Crippen LogP contribution in [-0.4, -0.2) is 59.7 Å². The van der Waals surface area contributed by atoms with E-state index in [0.717, 1.165) is 6.92 Å². The Morgan fingerprint density at radius 3 is 2.67 bits per heavy atom. The van der Waals surface area contributed by atoms with Gasteiger partial charge in [-0.15, -0.1) is 0 Å². The summed E-state index contributed by atoms with van der Waals surface area (Å²) in [6, 6.07) is 0. The van der Waals surface area contributed by atoms with E-state index in [1.54, 1.807) is 6.92 Å². The molecular weight excluding hydrogens is 415 g/mol. The standard InChI is InChI=1S/C16H20F3N5O6/c1-3-7(26)9-4-8(27)13(30-9)24-11-10(23(15(24)29)5-16(17,18)19)12(28)22-14(21-11)20-6(2)25/h7-9,13,26-27H,3-5H2,1-2H3,(H2,20,21,22,25,28)/t7-,8+,9-,13+/m0/s1. The van der Waals surface area contributed by atoms with Gasteiger partial charge in [0.05, 0.1) is 12.2 Å². The van der Waals surface area contributed by atoms with Gasteiger partial charge in [-0.05, 0) is 6.42 Å². The molecule has 0 bridgehead atoms. The summed E-state index contributed by atoms with van der Waals surface area (Å²) >= 11 is 0. The molecule has 1 amide bonds. The van der Waals surface area contributed by atoms with Gasteiger partial charge in [-0.2, -0.15) is 18.2 Å². The molecule has 4 N–H and O–H groups in total. The number of nitrogens with zero attached hydrogens (tertiary/aromatic N) is 3. The maximum Gasteiger partial charge on any atom is 0.406 e. The maximum absolute atomic E-state index is 13.0. The van der Waals surface area contributed by atoms with Gasteiger partial charge in [-0.3, -0.25) is 24.5 Å². The molecule has 4 atom stereocenters. The Kier molecular flexibility index (Phi) is 5.75. The topological polar surface area (TPSA) is 151 Å². The number of carbonyl (C=O) groups excluding carboxylic acids is 1. The number of nitrogens with one attached hydrogen (secondary N) is 2. The van der Waals surface area contributed by atoms with E-state index in [1.165, 1.54) is 0 Å². The van der Waals surface area contributed by atoms with E-state index in [9.17, 15) is 37.8 Å². The first kappa shape index (κ1) is 22.0. The number of hydrogen-bond acceptors (Lipinski definition) is 7. The number of alkyl halides is 3. The Bertz CT molecular complexity index is 1070. The molecule has 0 aromatic carbocycles. The summed E-state index contributed by atoms with van der Waals surface area (Å²) in [6.07, 6.45) is -9.33. The molecule has 14 heteroatoms. The number of aromatic amines is 1. The van der Waals surface area contributed by atoms with Crippen molar-refractivity contribution in [1.82, 2.24) is 19.1 Å². The number of hydrogen-bond donors (Lipinski definition) is 4. The lowest BCUT2D eigenvalue weighted by molar-refractivity contribution is -0.140. The molecule has 0 radical (unpaired) electrons. The minimum atomic E-state index is -4.83. The van der Waals surface area contributed by atoms with Gasteiger partial charge in [0.25, 0.3) is 5.56 Å². The van der Waals surface area contributed by atoms with E-state index < -0.39 is 71.5 Å². The molecule has 3 heterocycles. The zero-order valence-electron chi connectivity index (χ0n) is 15.9. The molecule has 11 nitrogen and oxygen atoms in total. The van der Waals surface area contributed by atoms with Crippen LogP contribution in [0.3, 0.4) is 0 Å². The Hall–Kier alpha value is -2.71. The number of anilines is 1. The van der Waals surface area contributed by atoms with Crippen molar-refractivity contribution in [1.29, 1.82) is 0 Å². The number of amides is 1. The highest BCUT2D eigenvalue weighted by atomic mass is 19.4. The highest BCUT2D eigenvalue weighted by molar-refractivity contribution is 5.87. The van der Waals surface area contributed by atoms with E-state index in [-0.39, 0.29) is 17.4 Å². The fraction of sp³-hybridized carbons (Fsp3) is 0.625. The van der Waals surface area contributed by atoms with Crippen LogP contribution in [-0.2, 0) is 16.1 Å². The summed E-state index contributed by atoms with van der Waals surface area (Å²) < 4.78 is 45.5. The SMILES string of the molecule is CC[C@H](O)[C@@H]1C[C@@H](O)[C@H](n2c(=O)n(CC(F)(F)F)c3c(=O)[nH]c(NC(C)=O)nc32)O1. The molecule has 2 aromatic heterocycles. The molecule has 0 saturated carbocycles. The van der Waals surface area contributed by atoms with Crippen molar-refractivity contribution in [3.8, 4) is 0 Å². The summed E-state index contributed by atoms with van der Waals surface area (Å²) in [5.41, 5.74) is -3.58. The first-order valence-electron chi connectivity index (χ1n) is 9.04. The first-order chi connectivity index (χ1) is 13.9. The van der Waals surface area contributed by atoms with Crippen LogP contribution in [0.15, 0.2) is 9.59 Å². The fourth-order valence-electron chi connectivity index (χ4n) is 3.39. The van der Waals surface area contributed by atoms with Crippen LogP contribution >= 0.6 is 0 Å². The largest absolute Gasteiger partial charge is 0.406 e. The zero-order chi connectivity index (χ0) is 22.4. The Labute approximate surface area is 166 Å². The second-order valence-corrected chi connectivity index (χ2v) is 6.97. The van der Waals surface area contributed by atoms with E-state index >= 15 is 0 Å². The number of ether oxygens (including phenoxy) is 1. The number of carbonyl (C=O) groups is 1. The average Bonchev–Trinajstić information content (AvgIpc) is 3.11. The lowest BCUT2D eigenvalue weighted by atomic mass is 10.1. The van der Waals surface area contributed by atoms with Crippen molar-refractivity contribution in [2.24, 2.45) is 0 Å². The Morgan fingerprint density at radius 2 is 2.10 bits per heavy atom. The zero-order valence-corrected chi connectivity index (χ0v) is 15.9. The van der Waals surface area contributed by atoms with Gasteiger partial charge in [0.2, 0.25) is 11.9 Å². The quantitative estimate of drug-likeness (QED) is 0.509. The number of imidazole rings is 1. The summed E-state index contributed by atoms with van der Waals surface area (Å²) in [6.45, 7) is 1.01. The summed E-state index contributed by atoms with van der Waals surface area (Å²) in [5.74, 6) is -1.01. The minimum Gasteiger partial charge on any atom is -0.390 e. The molecule has 0 aliphatic carbocycles. The van der Waals surface area contributed by atoms with E-state index in [4.69, 9.17) is 4.74 Å². The third kappa shape index (κ3) is 4.11. The molecule has 30 heavy (non-hydrogen) atoms. The first-order valence-corrected chi connectivity index (χ1v) is 9.04. The molecule has 1 saturated heterocycles. The number of aromatic nitrogens is 4. The normalized spacial score (nSPS) is 23.1. The molecule has 0 unspecified atom stereocenters. The van der Waals surface area contributed by atoms with Gasteiger partial charge in [-0.25, -0.2) is 9.36 Å². The number of H-pyrrole nitrogens is 1. The van der Waals surface area contributed by atoms with Crippen molar-refractivity contribution in [3.05, 3.63) is 20.8 Å². The summed E-state index contributed by atoms with van der Waals surface area (Å²) in [7, 11) is 0. The molecule has 3 rings (SSSR count). The molecule has 1 aliphatic heterocycles. The Morgan fingerprint density at radius 1 is 1.43 bits per heavy atom. The van der Waals surface area contributed by atoms with E-state index in [0.29, 0.717) is 4.57 Å². The van der Waals surface area contributed by atoms with E-state index in [1.807, 2.05) is 0 Å².